The van der Waals surface area contributed by atoms with Gasteiger partial charge in [-0.1, -0.05) is 25.8 Å². The van der Waals surface area contributed by atoms with Crippen molar-refractivity contribution in [1.29, 1.82) is 0 Å². The first-order valence-corrected chi connectivity index (χ1v) is 7.67. The Kier molecular flexibility index (Phi) is 6.36. The van der Waals surface area contributed by atoms with Crippen molar-refractivity contribution in [3.63, 3.8) is 0 Å². The van der Waals surface area contributed by atoms with Gasteiger partial charge in [0.25, 0.3) is 5.91 Å². The van der Waals surface area contributed by atoms with Crippen LogP contribution in [0.25, 0.3) is 0 Å². The van der Waals surface area contributed by atoms with Crippen LogP contribution in [0.5, 0.6) is 0 Å². The van der Waals surface area contributed by atoms with Crippen LogP contribution in [0.15, 0.2) is 42.7 Å². The number of nitrogens with one attached hydrogen (secondary N) is 2. The van der Waals surface area contributed by atoms with Gasteiger partial charge in [0.2, 0.25) is 0 Å². The molecule has 0 saturated heterocycles. The summed E-state index contributed by atoms with van der Waals surface area (Å²) in [6, 6.07) is 9.24. The first-order valence-electron chi connectivity index (χ1n) is 7.67. The number of unbranched alkanes of at least 4 members (excludes halogenated alkanes) is 2. The average molecular weight is 298 g/mol. The molecule has 2 aromatic heterocycles. The minimum atomic E-state index is -0.143. The molecule has 2 rings (SSSR count). The number of anilines is 1. The number of aromatic nitrogens is 2. The van der Waals surface area contributed by atoms with Crippen LogP contribution in [0.3, 0.4) is 0 Å². The zero-order valence-electron chi connectivity index (χ0n) is 12.9. The number of amides is 1. The number of hydrogen-bond acceptors (Lipinski definition) is 4. The first-order chi connectivity index (χ1) is 10.8. The van der Waals surface area contributed by atoms with Crippen LogP contribution in [0.2, 0.25) is 0 Å². The second kappa shape index (κ2) is 8.77. The summed E-state index contributed by atoms with van der Waals surface area (Å²) in [5, 5.41) is 6.08. The van der Waals surface area contributed by atoms with E-state index in [2.05, 4.69) is 27.5 Å². The molecule has 22 heavy (non-hydrogen) atoms. The molecule has 0 spiro atoms. The second-order valence-corrected chi connectivity index (χ2v) is 5.07. The highest BCUT2D eigenvalue weighted by molar-refractivity contribution is 5.93. The summed E-state index contributed by atoms with van der Waals surface area (Å²) < 4.78 is 0. The van der Waals surface area contributed by atoms with Gasteiger partial charge >= 0.3 is 0 Å². The van der Waals surface area contributed by atoms with Crippen LogP contribution in [0, 0.1) is 0 Å². The van der Waals surface area contributed by atoms with E-state index in [1.165, 1.54) is 12.8 Å². The van der Waals surface area contributed by atoms with E-state index in [0.717, 1.165) is 24.5 Å². The van der Waals surface area contributed by atoms with Gasteiger partial charge in [-0.15, -0.1) is 0 Å². The van der Waals surface area contributed by atoms with Crippen molar-refractivity contribution in [2.45, 2.75) is 32.7 Å². The van der Waals surface area contributed by atoms with Gasteiger partial charge < -0.3 is 10.6 Å². The molecule has 0 aliphatic carbocycles. The molecule has 0 unspecified atom stereocenters. The van der Waals surface area contributed by atoms with Crippen molar-refractivity contribution >= 4 is 11.7 Å². The van der Waals surface area contributed by atoms with E-state index in [-0.39, 0.29) is 5.91 Å². The normalized spacial score (nSPS) is 10.2. The SMILES string of the molecule is CCCCCNc1ccc(C(=O)NCc2ccccn2)cn1. The van der Waals surface area contributed by atoms with Crippen LogP contribution in [0.4, 0.5) is 5.82 Å². The smallest absolute Gasteiger partial charge is 0.253 e. The Balaban J connectivity index is 1.80. The Hall–Kier alpha value is -2.43. The third-order valence-electron chi connectivity index (χ3n) is 3.27. The largest absolute Gasteiger partial charge is 0.370 e. The summed E-state index contributed by atoms with van der Waals surface area (Å²) >= 11 is 0. The molecule has 0 bridgehead atoms. The van der Waals surface area contributed by atoms with Gasteiger partial charge in [0.15, 0.2) is 0 Å². The summed E-state index contributed by atoms with van der Waals surface area (Å²) in [5.74, 6) is 0.660. The molecule has 0 atom stereocenters. The van der Waals surface area contributed by atoms with E-state index in [0.29, 0.717) is 12.1 Å². The lowest BCUT2D eigenvalue weighted by molar-refractivity contribution is 0.0950. The van der Waals surface area contributed by atoms with E-state index >= 15 is 0 Å². The van der Waals surface area contributed by atoms with Crippen molar-refractivity contribution in [3.8, 4) is 0 Å². The Labute approximate surface area is 131 Å². The first kappa shape index (κ1) is 15.9. The maximum atomic E-state index is 12.0. The number of nitrogens with zero attached hydrogens (tertiary/aromatic N) is 2. The molecule has 2 aromatic rings. The summed E-state index contributed by atoms with van der Waals surface area (Å²) in [4.78, 5) is 20.5. The Bertz CT molecular complexity index is 569. The van der Waals surface area contributed by atoms with Crippen molar-refractivity contribution in [3.05, 3.63) is 54.0 Å². The van der Waals surface area contributed by atoms with Crippen molar-refractivity contribution in [2.75, 3.05) is 11.9 Å². The Morgan fingerprint density at radius 1 is 1.14 bits per heavy atom. The summed E-state index contributed by atoms with van der Waals surface area (Å²) in [7, 11) is 0. The van der Waals surface area contributed by atoms with E-state index in [4.69, 9.17) is 0 Å². The molecule has 0 aromatic carbocycles. The summed E-state index contributed by atoms with van der Waals surface area (Å²) in [6.07, 6.45) is 6.84. The molecule has 2 heterocycles. The van der Waals surface area contributed by atoms with Gasteiger partial charge in [-0.25, -0.2) is 4.98 Å². The van der Waals surface area contributed by atoms with Crippen molar-refractivity contribution < 1.29 is 4.79 Å². The summed E-state index contributed by atoms with van der Waals surface area (Å²) in [5.41, 5.74) is 1.38. The molecular weight excluding hydrogens is 276 g/mol. The van der Waals surface area contributed by atoms with E-state index in [9.17, 15) is 4.79 Å². The van der Waals surface area contributed by atoms with Crippen LogP contribution in [-0.4, -0.2) is 22.4 Å². The predicted molar refractivity (Wildman–Crippen MR) is 87.7 cm³/mol. The molecule has 0 saturated carbocycles. The van der Waals surface area contributed by atoms with E-state index in [1.807, 2.05) is 24.3 Å². The molecule has 0 fully saturated rings. The number of hydrogen-bond donors (Lipinski definition) is 2. The quantitative estimate of drug-likeness (QED) is 0.735. The Morgan fingerprint density at radius 2 is 2.05 bits per heavy atom. The second-order valence-electron chi connectivity index (χ2n) is 5.07. The minimum absolute atomic E-state index is 0.143. The fourth-order valence-electron chi connectivity index (χ4n) is 2.00. The molecule has 5 heteroatoms. The number of carbonyl (C=O) groups is 1. The lowest BCUT2D eigenvalue weighted by Gasteiger charge is -2.07. The molecule has 0 radical (unpaired) electrons. The third-order valence-corrected chi connectivity index (χ3v) is 3.27. The van der Waals surface area contributed by atoms with Gasteiger partial charge in [0, 0.05) is 18.9 Å². The molecule has 1 amide bonds. The molecule has 0 aliphatic heterocycles. The van der Waals surface area contributed by atoms with E-state index < -0.39 is 0 Å². The predicted octanol–water partition coefficient (Wildman–Crippen LogP) is 3.01. The zero-order chi connectivity index (χ0) is 15.6. The third kappa shape index (κ3) is 5.16. The van der Waals surface area contributed by atoms with Gasteiger partial charge in [-0.05, 0) is 30.7 Å². The molecule has 116 valence electrons. The van der Waals surface area contributed by atoms with Gasteiger partial charge in [-0.2, -0.15) is 0 Å². The fourth-order valence-corrected chi connectivity index (χ4v) is 2.00. The standard InChI is InChI=1S/C17H22N4O/c1-2-3-5-11-19-16-9-8-14(12-20-16)17(22)21-13-15-7-4-6-10-18-15/h4,6-10,12H,2-3,5,11,13H2,1H3,(H,19,20)(H,21,22). The monoisotopic (exact) mass is 298 g/mol. The molecule has 5 nitrogen and oxygen atoms in total. The molecule has 2 N–H and O–H groups in total. The van der Waals surface area contributed by atoms with Crippen LogP contribution >= 0.6 is 0 Å². The van der Waals surface area contributed by atoms with Crippen molar-refractivity contribution in [2.24, 2.45) is 0 Å². The fraction of sp³-hybridized carbons (Fsp3) is 0.353. The highest BCUT2D eigenvalue weighted by Crippen LogP contribution is 2.06. The zero-order valence-corrected chi connectivity index (χ0v) is 12.9. The van der Waals surface area contributed by atoms with E-state index in [1.54, 1.807) is 18.5 Å². The summed E-state index contributed by atoms with van der Waals surface area (Å²) in [6.45, 7) is 3.50. The minimum Gasteiger partial charge on any atom is -0.370 e. The number of carbonyl (C=O) groups excluding carboxylic acids is 1. The topological polar surface area (TPSA) is 66.9 Å². The van der Waals surface area contributed by atoms with Gasteiger partial charge in [0.05, 0.1) is 17.8 Å². The van der Waals surface area contributed by atoms with Crippen LogP contribution in [0.1, 0.15) is 42.2 Å². The maximum Gasteiger partial charge on any atom is 0.253 e. The Morgan fingerprint density at radius 3 is 2.73 bits per heavy atom. The molecular formula is C17H22N4O. The molecule has 0 aliphatic rings. The average Bonchev–Trinajstić information content (AvgIpc) is 2.58. The number of pyridine rings is 2. The lowest BCUT2D eigenvalue weighted by Crippen LogP contribution is -2.23. The highest BCUT2D eigenvalue weighted by atomic mass is 16.1. The van der Waals surface area contributed by atoms with Crippen molar-refractivity contribution in [1.82, 2.24) is 15.3 Å². The lowest BCUT2D eigenvalue weighted by atomic mass is 10.2. The maximum absolute atomic E-state index is 12.0. The highest BCUT2D eigenvalue weighted by Gasteiger charge is 2.06. The number of rotatable bonds is 8. The van der Waals surface area contributed by atoms with Gasteiger partial charge in [-0.3, -0.25) is 9.78 Å². The van der Waals surface area contributed by atoms with Crippen LogP contribution < -0.4 is 10.6 Å². The van der Waals surface area contributed by atoms with Gasteiger partial charge in [0.1, 0.15) is 5.82 Å². The van der Waals surface area contributed by atoms with Crippen LogP contribution in [-0.2, 0) is 6.54 Å².